The highest BCUT2D eigenvalue weighted by Gasteiger charge is 2.40. The zero-order valence-electron chi connectivity index (χ0n) is 26.0. The topological polar surface area (TPSA) is 111 Å². The first kappa shape index (κ1) is 32.5. The minimum Gasteiger partial charge on any atom is -0.481 e. The minimum atomic E-state index is -0.748. The Hall–Kier alpha value is -3.44. The maximum Gasteiger partial charge on any atom is 0.304 e. The van der Waals surface area contributed by atoms with Gasteiger partial charge < -0.3 is 20.1 Å². The smallest absolute Gasteiger partial charge is 0.304 e. The molecule has 2 atom stereocenters. The van der Waals surface area contributed by atoms with Crippen LogP contribution in [0.4, 0.5) is 5.82 Å². The van der Waals surface area contributed by atoms with Crippen LogP contribution in [0.15, 0.2) is 48.7 Å². The Morgan fingerprint density at radius 3 is 2.35 bits per heavy atom. The molecule has 2 bridgehead atoms. The molecule has 46 heavy (non-hydrogen) atoms. The molecule has 3 aliphatic heterocycles. The van der Waals surface area contributed by atoms with Gasteiger partial charge in [-0.25, -0.2) is 9.97 Å². The van der Waals surface area contributed by atoms with E-state index in [0.717, 1.165) is 87.6 Å². The summed E-state index contributed by atoms with van der Waals surface area (Å²) in [5.74, 6) is 1.70. The number of fused-ring (bicyclic) bond motifs is 2. The summed E-state index contributed by atoms with van der Waals surface area (Å²) in [5, 5.41) is 13.2. The van der Waals surface area contributed by atoms with Crippen LogP contribution in [0.3, 0.4) is 0 Å². The molecule has 2 aromatic heterocycles. The van der Waals surface area contributed by atoms with Crippen molar-refractivity contribution in [3.63, 3.8) is 0 Å². The van der Waals surface area contributed by atoms with Crippen molar-refractivity contribution in [2.45, 2.75) is 57.7 Å². The predicted octanol–water partition coefficient (Wildman–Crippen LogP) is 5.72. The molecule has 3 aliphatic rings. The predicted molar refractivity (Wildman–Crippen MR) is 179 cm³/mol. The zero-order valence-corrected chi connectivity index (χ0v) is 27.5. The highest BCUT2D eigenvalue weighted by Crippen LogP contribution is 2.34. The first-order valence-electron chi connectivity index (χ1n) is 16.0. The summed E-state index contributed by atoms with van der Waals surface area (Å²) >= 11 is 12.7. The van der Waals surface area contributed by atoms with E-state index in [4.69, 9.17) is 43.0 Å². The SMILES string of the molecule is CC(=O)NCC1CCN(Cc2cc(Oc3ccc(N4C[C@H]5CC[C@@H](C4)N5CCC(=O)O)nc3)nc(-c3cc(Cl)cc(Cl)c3)c2)CC1. The molecule has 6 rings (SSSR count). The number of halogens is 2. The Labute approximate surface area is 279 Å². The minimum absolute atomic E-state index is 0.0185. The van der Waals surface area contributed by atoms with E-state index in [1.54, 1.807) is 19.2 Å². The standard InChI is InChI=1S/C34H40Cl2N6O4/c1-22(43)37-17-23-6-9-40(10-7-23)19-24-12-31(25-14-26(35)16-27(36)15-25)39-33(13-24)46-30-4-5-32(38-18-30)41-20-28-2-3-29(21-41)42(28)11-8-34(44)45/h4-5,12-16,18,23,28-29H,2-3,6-11,17,19-21H2,1H3,(H,37,43)(H,44,45)/t28-,29+. The lowest BCUT2D eigenvalue weighted by Crippen LogP contribution is -2.54. The van der Waals surface area contributed by atoms with E-state index < -0.39 is 5.97 Å². The van der Waals surface area contributed by atoms with Crippen molar-refractivity contribution in [1.29, 1.82) is 0 Å². The molecule has 0 unspecified atom stereocenters. The van der Waals surface area contributed by atoms with E-state index in [1.165, 1.54) is 0 Å². The molecular weight excluding hydrogens is 627 g/mol. The Morgan fingerprint density at radius 1 is 1.00 bits per heavy atom. The number of benzene rings is 1. The highest BCUT2D eigenvalue weighted by atomic mass is 35.5. The number of aromatic nitrogens is 2. The lowest BCUT2D eigenvalue weighted by molar-refractivity contribution is -0.137. The van der Waals surface area contributed by atoms with Gasteiger partial charge in [0.25, 0.3) is 0 Å². The van der Waals surface area contributed by atoms with E-state index in [2.05, 4.69) is 26.1 Å². The molecule has 3 aromatic rings. The Bertz CT molecular complexity index is 1510. The average molecular weight is 668 g/mol. The van der Waals surface area contributed by atoms with Gasteiger partial charge in [-0.2, -0.15) is 0 Å². The van der Waals surface area contributed by atoms with Crippen molar-refractivity contribution in [3.8, 4) is 22.9 Å². The van der Waals surface area contributed by atoms with Crippen molar-refractivity contribution >= 4 is 40.9 Å². The molecule has 0 radical (unpaired) electrons. The molecule has 12 heteroatoms. The second-order valence-electron chi connectivity index (χ2n) is 12.6. The van der Waals surface area contributed by atoms with Crippen molar-refractivity contribution in [2.24, 2.45) is 5.92 Å². The van der Waals surface area contributed by atoms with Crippen LogP contribution in [0.25, 0.3) is 11.3 Å². The number of carbonyl (C=O) groups is 2. The van der Waals surface area contributed by atoms with Crippen LogP contribution in [0.1, 0.15) is 44.6 Å². The molecule has 1 amide bonds. The number of carboxylic acid groups (broad SMARTS) is 1. The van der Waals surface area contributed by atoms with Crippen molar-refractivity contribution in [2.75, 3.05) is 44.2 Å². The lowest BCUT2D eigenvalue weighted by atomic mass is 9.96. The third-order valence-corrected chi connectivity index (χ3v) is 9.69. The van der Waals surface area contributed by atoms with E-state index in [-0.39, 0.29) is 12.3 Å². The number of carboxylic acids is 1. The molecule has 5 heterocycles. The summed E-state index contributed by atoms with van der Waals surface area (Å²) in [5.41, 5.74) is 2.60. The third-order valence-electron chi connectivity index (χ3n) is 9.26. The first-order valence-corrected chi connectivity index (χ1v) is 16.7. The fraction of sp³-hybridized carbons (Fsp3) is 0.471. The van der Waals surface area contributed by atoms with E-state index in [9.17, 15) is 9.59 Å². The van der Waals surface area contributed by atoms with Gasteiger partial charge in [-0.1, -0.05) is 23.2 Å². The van der Waals surface area contributed by atoms with Crippen LogP contribution in [0, 0.1) is 5.92 Å². The number of anilines is 1. The third kappa shape index (κ3) is 8.28. The van der Waals surface area contributed by atoms with Gasteiger partial charge in [0.1, 0.15) is 11.6 Å². The number of pyridine rings is 2. The van der Waals surface area contributed by atoms with Crippen LogP contribution in [-0.2, 0) is 16.1 Å². The van der Waals surface area contributed by atoms with Crippen molar-refractivity contribution < 1.29 is 19.4 Å². The molecule has 0 aliphatic carbocycles. The number of piperazine rings is 1. The normalized spacial score (nSPS) is 20.5. The fourth-order valence-corrected chi connectivity index (χ4v) is 7.48. The summed E-state index contributed by atoms with van der Waals surface area (Å²) < 4.78 is 6.29. The summed E-state index contributed by atoms with van der Waals surface area (Å²) in [6.45, 7) is 7.20. The second kappa shape index (κ2) is 14.5. The number of hydrogen-bond acceptors (Lipinski definition) is 8. The largest absolute Gasteiger partial charge is 0.481 e. The summed E-state index contributed by atoms with van der Waals surface area (Å²) in [6.07, 6.45) is 6.14. The van der Waals surface area contributed by atoms with Crippen molar-refractivity contribution in [1.82, 2.24) is 25.1 Å². The molecule has 10 nitrogen and oxygen atoms in total. The quantitative estimate of drug-likeness (QED) is 0.265. The number of amides is 1. The Balaban J connectivity index is 1.15. The van der Waals surface area contributed by atoms with Crippen LogP contribution >= 0.6 is 23.2 Å². The molecule has 0 saturated carbocycles. The first-order chi connectivity index (χ1) is 22.2. The number of carbonyl (C=O) groups excluding carboxylic acids is 1. The molecule has 244 valence electrons. The van der Waals surface area contributed by atoms with Gasteiger partial charge in [-0.15, -0.1) is 0 Å². The van der Waals surface area contributed by atoms with E-state index in [0.29, 0.717) is 46.2 Å². The number of ether oxygens (including phenoxy) is 1. The summed E-state index contributed by atoms with van der Waals surface area (Å²) in [6, 6.07) is 14.0. The van der Waals surface area contributed by atoms with Crippen LogP contribution < -0.4 is 15.0 Å². The number of hydrogen-bond donors (Lipinski definition) is 2. The van der Waals surface area contributed by atoms with Gasteiger partial charge in [0.05, 0.1) is 18.3 Å². The highest BCUT2D eigenvalue weighted by molar-refractivity contribution is 6.35. The number of rotatable bonds is 11. The maximum absolute atomic E-state index is 11.3. The van der Waals surface area contributed by atoms with Gasteiger partial charge in [-0.05, 0) is 86.7 Å². The molecule has 3 saturated heterocycles. The Morgan fingerprint density at radius 2 is 1.72 bits per heavy atom. The van der Waals surface area contributed by atoms with E-state index >= 15 is 0 Å². The molecule has 1 aromatic carbocycles. The van der Waals surface area contributed by atoms with Gasteiger partial charge in [0.2, 0.25) is 11.8 Å². The monoisotopic (exact) mass is 666 g/mol. The zero-order chi connectivity index (χ0) is 32.2. The number of likely N-dealkylation sites (tertiary alicyclic amines) is 1. The second-order valence-corrected chi connectivity index (χ2v) is 13.5. The molecule has 0 spiro atoms. The van der Waals surface area contributed by atoms with E-state index in [1.807, 2.05) is 30.3 Å². The van der Waals surface area contributed by atoms with Crippen LogP contribution in [0.5, 0.6) is 11.6 Å². The molecular formula is C34H40Cl2N6O4. The van der Waals surface area contributed by atoms with Gasteiger partial charge in [-0.3, -0.25) is 19.4 Å². The number of nitrogens with one attached hydrogen (secondary N) is 1. The number of piperidine rings is 1. The maximum atomic E-state index is 11.3. The Kier molecular flexibility index (Phi) is 10.3. The van der Waals surface area contributed by atoms with Crippen LogP contribution in [-0.4, -0.2) is 88.1 Å². The summed E-state index contributed by atoms with van der Waals surface area (Å²) in [7, 11) is 0. The molecule has 2 N–H and O–H groups in total. The number of nitrogens with zero attached hydrogens (tertiary/aromatic N) is 5. The average Bonchev–Trinajstić information content (AvgIpc) is 3.25. The summed E-state index contributed by atoms with van der Waals surface area (Å²) in [4.78, 5) is 39.1. The van der Waals surface area contributed by atoms with Crippen molar-refractivity contribution in [3.05, 3.63) is 64.3 Å². The van der Waals surface area contributed by atoms with Crippen LogP contribution in [0.2, 0.25) is 10.0 Å². The fourth-order valence-electron chi connectivity index (χ4n) is 6.96. The lowest BCUT2D eigenvalue weighted by Gasteiger charge is -2.41. The molecule has 3 fully saturated rings. The van der Waals surface area contributed by atoms with Gasteiger partial charge in [0.15, 0.2) is 0 Å². The number of aliphatic carboxylic acids is 1. The van der Waals surface area contributed by atoms with Gasteiger partial charge >= 0.3 is 5.97 Å². The van der Waals surface area contributed by atoms with Gasteiger partial charge in [0, 0.05) is 73.4 Å².